The van der Waals surface area contributed by atoms with E-state index in [-0.39, 0.29) is 5.91 Å². The van der Waals surface area contributed by atoms with Gasteiger partial charge in [0.15, 0.2) is 0 Å². The van der Waals surface area contributed by atoms with Crippen molar-refractivity contribution >= 4 is 5.91 Å². The summed E-state index contributed by atoms with van der Waals surface area (Å²) in [6, 6.07) is 10.5. The van der Waals surface area contributed by atoms with Crippen molar-refractivity contribution in [1.82, 2.24) is 4.90 Å². The second kappa shape index (κ2) is 7.10. The molecule has 1 atom stereocenters. The maximum Gasteiger partial charge on any atom is 0.223 e. The zero-order valence-electron chi connectivity index (χ0n) is 11.1. The first-order valence-corrected chi connectivity index (χ1v) is 6.52. The SMILES string of the molecule is CCCC(=O)N(Cc1ccccc1)C(C)CC. The highest BCUT2D eigenvalue weighted by molar-refractivity contribution is 5.76. The molecule has 0 aromatic heterocycles. The Morgan fingerprint density at radius 2 is 1.88 bits per heavy atom. The quantitative estimate of drug-likeness (QED) is 0.735. The molecule has 0 saturated heterocycles. The first-order valence-electron chi connectivity index (χ1n) is 6.52. The summed E-state index contributed by atoms with van der Waals surface area (Å²) >= 11 is 0. The van der Waals surface area contributed by atoms with Crippen LogP contribution in [0.1, 0.15) is 45.6 Å². The fourth-order valence-electron chi connectivity index (χ4n) is 1.85. The van der Waals surface area contributed by atoms with Crippen molar-refractivity contribution in [3.05, 3.63) is 35.9 Å². The molecular formula is C15H23NO. The van der Waals surface area contributed by atoms with E-state index in [0.29, 0.717) is 12.5 Å². The minimum absolute atomic E-state index is 0.269. The summed E-state index contributed by atoms with van der Waals surface area (Å²) in [5, 5.41) is 0. The summed E-state index contributed by atoms with van der Waals surface area (Å²) in [7, 11) is 0. The van der Waals surface area contributed by atoms with Crippen LogP contribution in [-0.2, 0) is 11.3 Å². The van der Waals surface area contributed by atoms with Gasteiger partial charge in [-0.1, -0.05) is 44.2 Å². The van der Waals surface area contributed by atoms with Gasteiger partial charge in [-0.05, 0) is 25.3 Å². The lowest BCUT2D eigenvalue weighted by molar-refractivity contribution is -0.134. The first kappa shape index (κ1) is 13.8. The maximum absolute atomic E-state index is 12.1. The molecule has 0 bridgehead atoms. The topological polar surface area (TPSA) is 20.3 Å². The van der Waals surface area contributed by atoms with Gasteiger partial charge in [-0.25, -0.2) is 0 Å². The molecular weight excluding hydrogens is 210 g/mol. The van der Waals surface area contributed by atoms with E-state index < -0.39 is 0 Å². The van der Waals surface area contributed by atoms with Crippen LogP contribution in [0.5, 0.6) is 0 Å². The van der Waals surface area contributed by atoms with E-state index in [2.05, 4.69) is 32.9 Å². The molecule has 0 aliphatic rings. The van der Waals surface area contributed by atoms with Crippen molar-refractivity contribution in [3.63, 3.8) is 0 Å². The molecule has 0 fully saturated rings. The zero-order valence-corrected chi connectivity index (χ0v) is 11.1. The summed E-state index contributed by atoms with van der Waals surface area (Å²) < 4.78 is 0. The second-order valence-corrected chi connectivity index (χ2v) is 4.51. The normalized spacial score (nSPS) is 12.2. The van der Waals surface area contributed by atoms with E-state index in [1.807, 2.05) is 23.1 Å². The minimum Gasteiger partial charge on any atom is -0.336 e. The predicted molar refractivity (Wildman–Crippen MR) is 71.7 cm³/mol. The lowest BCUT2D eigenvalue weighted by Crippen LogP contribution is -2.37. The Balaban J connectivity index is 2.73. The van der Waals surface area contributed by atoms with Gasteiger partial charge in [0.05, 0.1) is 0 Å². The van der Waals surface area contributed by atoms with Gasteiger partial charge in [0, 0.05) is 19.0 Å². The summed E-state index contributed by atoms with van der Waals surface area (Å²) in [6.07, 6.45) is 2.57. The fraction of sp³-hybridized carbons (Fsp3) is 0.533. The number of benzene rings is 1. The van der Waals surface area contributed by atoms with Crippen LogP contribution >= 0.6 is 0 Å². The van der Waals surface area contributed by atoms with Crippen LogP contribution in [0.4, 0.5) is 0 Å². The van der Waals surface area contributed by atoms with Gasteiger partial charge in [0.2, 0.25) is 5.91 Å². The lowest BCUT2D eigenvalue weighted by atomic mass is 10.1. The summed E-state index contributed by atoms with van der Waals surface area (Å²) in [6.45, 7) is 7.03. The number of carbonyl (C=O) groups excluding carboxylic acids is 1. The molecule has 0 heterocycles. The largest absolute Gasteiger partial charge is 0.336 e. The third-order valence-electron chi connectivity index (χ3n) is 3.10. The Morgan fingerprint density at radius 3 is 2.41 bits per heavy atom. The number of carbonyl (C=O) groups is 1. The molecule has 0 saturated carbocycles. The molecule has 0 radical (unpaired) electrons. The molecule has 1 rings (SSSR count). The monoisotopic (exact) mass is 233 g/mol. The summed E-state index contributed by atoms with van der Waals surface area (Å²) in [5.74, 6) is 0.269. The van der Waals surface area contributed by atoms with E-state index in [9.17, 15) is 4.79 Å². The number of nitrogens with zero attached hydrogens (tertiary/aromatic N) is 1. The van der Waals surface area contributed by atoms with Crippen LogP contribution in [0, 0.1) is 0 Å². The Labute approximate surface area is 105 Å². The van der Waals surface area contributed by atoms with Crippen LogP contribution in [-0.4, -0.2) is 16.8 Å². The Morgan fingerprint density at radius 1 is 1.24 bits per heavy atom. The zero-order chi connectivity index (χ0) is 12.7. The molecule has 17 heavy (non-hydrogen) atoms. The molecule has 1 aromatic carbocycles. The minimum atomic E-state index is 0.269. The molecule has 1 aromatic rings. The maximum atomic E-state index is 12.1. The molecule has 0 N–H and O–H groups in total. The third-order valence-corrected chi connectivity index (χ3v) is 3.10. The molecule has 94 valence electrons. The highest BCUT2D eigenvalue weighted by Crippen LogP contribution is 2.12. The van der Waals surface area contributed by atoms with Crippen LogP contribution in [0.25, 0.3) is 0 Å². The Hall–Kier alpha value is -1.31. The predicted octanol–water partition coefficient (Wildman–Crippen LogP) is 3.61. The van der Waals surface area contributed by atoms with Crippen molar-refractivity contribution in [3.8, 4) is 0 Å². The van der Waals surface area contributed by atoms with Crippen molar-refractivity contribution in [2.24, 2.45) is 0 Å². The average Bonchev–Trinajstić information content (AvgIpc) is 2.36. The van der Waals surface area contributed by atoms with Crippen molar-refractivity contribution in [2.45, 2.75) is 52.6 Å². The highest BCUT2D eigenvalue weighted by Gasteiger charge is 2.17. The standard InChI is InChI=1S/C15H23NO/c1-4-9-15(17)16(13(3)5-2)12-14-10-7-6-8-11-14/h6-8,10-11,13H,4-5,9,12H2,1-3H3. The molecule has 1 amide bonds. The average molecular weight is 233 g/mol. The summed E-state index contributed by atoms with van der Waals surface area (Å²) in [4.78, 5) is 14.1. The number of rotatable bonds is 6. The van der Waals surface area contributed by atoms with E-state index in [4.69, 9.17) is 0 Å². The highest BCUT2D eigenvalue weighted by atomic mass is 16.2. The molecule has 0 spiro atoms. The Bertz CT molecular complexity index is 334. The molecule has 2 heteroatoms. The summed E-state index contributed by atoms with van der Waals surface area (Å²) in [5.41, 5.74) is 1.21. The van der Waals surface area contributed by atoms with Crippen molar-refractivity contribution < 1.29 is 4.79 Å². The lowest BCUT2D eigenvalue weighted by Gasteiger charge is -2.28. The van der Waals surface area contributed by atoms with Crippen LogP contribution in [0.2, 0.25) is 0 Å². The number of hydrogen-bond acceptors (Lipinski definition) is 1. The van der Waals surface area contributed by atoms with Gasteiger partial charge >= 0.3 is 0 Å². The van der Waals surface area contributed by atoms with Crippen molar-refractivity contribution in [1.29, 1.82) is 0 Å². The van der Waals surface area contributed by atoms with Gasteiger partial charge in [-0.2, -0.15) is 0 Å². The van der Waals surface area contributed by atoms with Gasteiger partial charge in [-0.3, -0.25) is 4.79 Å². The van der Waals surface area contributed by atoms with E-state index in [0.717, 1.165) is 19.4 Å². The Kier molecular flexibility index (Phi) is 5.75. The van der Waals surface area contributed by atoms with E-state index >= 15 is 0 Å². The smallest absolute Gasteiger partial charge is 0.223 e. The molecule has 0 aliphatic heterocycles. The molecule has 2 nitrogen and oxygen atoms in total. The first-order chi connectivity index (χ1) is 8.19. The van der Waals surface area contributed by atoms with Gasteiger partial charge in [0.1, 0.15) is 0 Å². The van der Waals surface area contributed by atoms with Gasteiger partial charge in [-0.15, -0.1) is 0 Å². The van der Waals surface area contributed by atoms with Crippen molar-refractivity contribution in [2.75, 3.05) is 0 Å². The van der Waals surface area contributed by atoms with Gasteiger partial charge < -0.3 is 4.90 Å². The van der Waals surface area contributed by atoms with Gasteiger partial charge in [0.25, 0.3) is 0 Å². The number of hydrogen-bond donors (Lipinski definition) is 0. The van der Waals surface area contributed by atoms with E-state index in [1.165, 1.54) is 5.56 Å². The number of amides is 1. The van der Waals surface area contributed by atoms with Crippen LogP contribution < -0.4 is 0 Å². The molecule has 0 aliphatic carbocycles. The second-order valence-electron chi connectivity index (χ2n) is 4.51. The van der Waals surface area contributed by atoms with E-state index in [1.54, 1.807) is 0 Å². The van der Waals surface area contributed by atoms with Crippen LogP contribution in [0.3, 0.4) is 0 Å². The molecule has 1 unspecified atom stereocenters. The third kappa shape index (κ3) is 4.22. The van der Waals surface area contributed by atoms with Crippen LogP contribution in [0.15, 0.2) is 30.3 Å². The fourth-order valence-corrected chi connectivity index (χ4v) is 1.85.